The van der Waals surface area contributed by atoms with Crippen molar-refractivity contribution in [3.05, 3.63) is 70.5 Å². The number of halogens is 1. The predicted molar refractivity (Wildman–Crippen MR) is 113 cm³/mol. The molecule has 6 heteroatoms. The standard InChI is InChI=1S/C22H27FN2O2S/c1-15-9-16(2)11-18(10-15)13-28-14-21(26)25(17(3)22(27)24-4)12-19-7-5-6-8-20(19)23/h5-11,17H,12-14H2,1-4H3,(H,24,27). The Hall–Kier alpha value is -2.34. The van der Waals surface area contributed by atoms with Crippen molar-refractivity contribution in [2.75, 3.05) is 12.8 Å². The van der Waals surface area contributed by atoms with Gasteiger partial charge in [-0.2, -0.15) is 0 Å². The Morgan fingerprint density at radius 2 is 1.79 bits per heavy atom. The van der Waals surface area contributed by atoms with Gasteiger partial charge in [-0.15, -0.1) is 11.8 Å². The molecule has 0 aliphatic rings. The van der Waals surface area contributed by atoms with Crippen molar-refractivity contribution in [2.24, 2.45) is 0 Å². The van der Waals surface area contributed by atoms with E-state index in [0.717, 1.165) is 5.56 Å². The van der Waals surface area contributed by atoms with Gasteiger partial charge in [0.2, 0.25) is 11.8 Å². The molecule has 0 bridgehead atoms. The SMILES string of the molecule is CNC(=O)C(C)N(Cc1ccccc1F)C(=O)CSCc1cc(C)cc(C)c1. The van der Waals surface area contributed by atoms with Crippen molar-refractivity contribution >= 4 is 23.6 Å². The van der Waals surface area contributed by atoms with E-state index in [4.69, 9.17) is 0 Å². The van der Waals surface area contributed by atoms with Crippen molar-refractivity contribution in [1.29, 1.82) is 0 Å². The molecule has 2 aromatic rings. The summed E-state index contributed by atoms with van der Waals surface area (Å²) in [6, 6.07) is 12.0. The fourth-order valence-electron chi connectivity index (χ4n) is 3.09. The quantitative estimate of drug-likeness (QED) is 0.730. The van der Waals surface area contributed by atoms with E-state index in [2.05, 4.69) is 23.5 Å². The molecule has 0 saturated heterocycles. The third-order valence-corrected chi connectivity index (χ3v) is 5.48. The Balaban J connectivity index is 2.07. The lowest BCUT2D eigenvalue weighted by Crippen LogP contribution is -2.47. The zero-order chi connectivity index (χ0) is 20.7. The van der Waals surface area contributed by atoms with Gasteiger partial charge < -0.3 is 10.2 Å². The van der Waals surface area contributed by atoms with Gasteiger partial charge in [-0.25, -0.2) is 4.39 Å². The van der Waals surface area contributed by atoms with Crippen LogP contribution in [0.2, 0.25) is 0 Å². The van der Waals surface area contributed by atoms with Gasteiger partial charge in [0.05, 0.1) is 5.75 Å². The summed E-state index contributed by atoms with van der Waals surface area (Å²) in [6.45, 7) is 5.82. The maximum atomic E-state index is 14.1. The normalized spacial score (nSPS) is 11.8. The van der Waals surface area contributed by atoms with Crippen LogP contribution in [0.5, 0.6) is 0 Å². The molecule has 0 spiro atoms. The van der Waals surface area contributed by atoms with Gasteiger partial charge in [0.1, 0.15) is 11.9 Å². The highest BCUT2D eigenvalue weighted by molar-refractivity contribution is 7.99. The van der Waals surface area contributed by atoms with Crippen LogP contribution in [0.15, 0.2) is 42.5 Å². The highest BCUT2D eigenvalue weighted by atomic mass is 32.2. The number of hydrogen-bond acceptors (Lipinski definition) is 3. The minimum Gasteiger partial charge on any atom is -0.357 e. The van der Waals surface area contributed by atoms with Crippen molar-refractivity contribution in [2.45, 2.75) is 39.1 Å². The second-order valence-electron chi connectivity index (χ2n) is 6.89. The lowest BCUT2D eigenvalue weighted by molar-refractivity contribution is -0.138. The minimum atomic E-state index is -0.682. The predicted octanol–water partition coefficient (Wildman–Crippen LogP) is 3.84. The summed E-state index contributed by atoms with van der Waals surface area (Å²) in [4.78, 5) is 26.4. The van der Waals surface area contributed by atoms with Crippen LogP contribution in [-0.4, -0.2) is 35.6 Å². The van der Waals surface area contributed by atoms with Crippen LogP contribution in [0.3, 0.4) is 0 Å². The summed E-state index contributed by atoms with van der Waals surface area (Å²) in [5.74, 6) is 0.0869. The van der Waals surface area contributed by atoms with E-state index < -0.39 is 6.04 Å². The second kappa shape index (κ2) is 10.3. The summed E-state index contributed by atoms with van der Waals surface area (Å²) in [5.41, 5.74) is 3.94. The number of hydrogen-bond donors (Lipinski definition) is 1. The Morgan fingerprint density at radius 3 is 2.39 bits per heavy atom. The number of carbonyl (C=O) groups is 2. The molecule has 0 heterocycles. The van der Waals surface area contributed by atoms with Gasteiger partial charge in [-0.1, -0.05) is 47.5 Å². The molecule has 0 saturated carbocycles. The Kier molecular flexibility index (Phi) is 8.05. The smallest absolute Gasteiger partial charge is 0.242 e. The number of thioether (sulfide) groups is 1. The van der Waals surface area contributed by atoms with E-state index in [9.17, 15) is 14.0 Å². The maximum Gasteiger partial charge on any atom is 0.242 e. The van der Waals surface area contributed by atoms with E-state index in [1.165, 1.54) is 40.9 Å². The fraction of sp³-hybridized carbons (Fsp3) is 0.364. The van der Waals surface area contributed by atoms with Crippen LogP contribution in [0.25, 0.3) is 0 Å². The van der Waals surface area contributed by atoms with E-state index in [0.29, 0.717) is 11.3 Å². The van der Waals surface area contributed by atoms with Crippen molar-refractivity contribution < 1.29 is 14.0 Å². The molecule has 150 valence electrons. The molecule has 0 aliphatic carbocycles. The van der Waals surface area contributed by atoms with Crippen LogP contribution >= 0.6 is 11.8 Å². The Bertz CT molecular complexity index is 821. The molecule has 1 N–H and O–H groups in total. The number of nitrogens with zero attached hydrogens (tertiary/aromatic N) is 1. The van der Waals surface area contributed by atoms with Gasteiger partial charge >= 0.3 is 0 Å². The lowest BCUT2D eigenvalue weighted by Gasteiger charge is -2.28. The van der Waals surface area contributed by atoms with Crippen LogP contribution < -0.4 is 5.32 Å². The van der Waals surface area contributed by atoms with Crippen LogP contribution in [0.1, 0.15) is 29.2 Å². The van der Waals surface area contributed by atoms with E-state index in [1.807, 2.05) is 13.8 Å². The average molecular weight is 403 g/mol. The molecule has 0 aromatic heterocycles. The first-order valence-electron chi connectivity index (χ1n) is 9.21. The van der Waals surface area contributed by atoms with Gasteiger partial charge in [-0.05, 0) is 32.4 Å². The van der Waals surface area contributed by atoms with Gasteiger partial charge in [-0.3, -0.25) is 9.59 Å². The second-order valence-corrected chi connectivity index (χ2v) is 7.88. The van der Waals surface area contributed by atoms with E-state index in [1.54, 1.807) is 25.1 Å². The van der Waals surface area contributed by atoms with Crippen molar-refractivity contribution in [1.82, 2.24) is 10.2 Å². The summed E-state index contributed by atoms with van der Waals surface area (Å²) >= 11 is 1.50. The number of carbonyl (C=O) groups excluding carboxylic acids is 2. The third-order valence-electron chi connectivity index (χ3n) is 4.49. The molecule has 0 aliphatic heterocycles. The lowest BCUT2D eigenvalue weighted by atomic mass is 10.1. The number of benzene rings is 2. The molecular weight excluding hydrogens is 375 g/mol. The molecular formula is C22H27FN2O2S. The molecule has 2 aromatic carbocycles. The first-order chi connectivity index (χ1) is 13.3. The maximum absolute atomic E-state index is 14.1. The molecule has 1 atom stereocenters. The largest absolute Gasteiger partial charge is 0.357 e. The number of rotatable bonds is 8. The van der Waals surface area contributed by atoms with Crippen LogP contribution in [0.4, 0.5) is 4.39 Å². The van der Waals surface area contributed by atoms with Gasteiger partial charge in [0.15, 0.2) is 0 Å². The van der Waals surface area contributed by atoms with E-state index in [-0.39, 0.29) is 29.9 Å². The zero-order valence-corrected chi connectivity index (χ0v) is 17.6. The highest BCUT2D eigenvalue weighted by Crippen LogP contribution is 2.18. The van der Waals surface area contributed by atoms with Crippen LogP contribution in [-0.2, 0) is 21.9 Å². The van der Waals surface area contributed by atoms with Crippen molar-refractivity contribution in [3.63, 3.8) is 0 Å². The Labute approximate surface area is 170 Å². The first kappa shape index (κ1) is 22.0. The van der Waals surface area contributed by atoms with Gasteiger partial charge in [0, 0.05) is 24.9 Å². The first-order valence-corrected chi connectivity index (χ1v) is 10.4. The summed E-state index contributed by atoms with van der Waals surface area (Å²) in [5, 5.41) is 2.56. The minimum absolute atomic E-state index is 0.0597. The summed E-state index contributed by atoms with van der Waals surface area (Å²) < 4.78 is 14.1. The summed E-state index contributed by atoms with van der Waals surface area (Å²) in [6.07, 6.45) is 0. The topological polar surface area (TPSA) is 49.4 Å². The molecule has 1 unspecified atom stereocenters. The zero-order valence-electron chi connectivity index (χ0n) is 16.8. The van der Waals surface area contributed by atoms with Crippen molar-refractivity contribution in [3.8, 4) is 0 Å². The average Bonchev–Trinajstić information content (AvgIpc) is 2.65. The Morgan fingerprint density at radius 1 is 1.14 bits per heavy atom. The fourth-order valence-corrected chi connectivity index (χ4v) is 3.94. The van der Waals surface area contributed by atoms with E-state index >= 15 is 0 Å². The molecule has 2 amide bonds. The molecule has 0 fully saturated rings. The van der Waals surface area contributed by atoms with Crippen LogP contribution in [0, 0.1) is 19.7 Å². The molecule has 28 heavy (non-hydrogen) atoms. The third kappa shape index (κ3) is 6.09. The number of nitrogens with one attached hydrogen (secondary N) is 1. The summed E-state index contributed by atoms with van der Waals surface area (Å²) in [7, 11) is 1.53. The molecule has 4 nitrogen and oxygen atoms in total. The molecule has 0 radical (unpaired) electrons. The number of aryl methyl sites for hydroxylation is 2. The molecule has 2 rings (SSSR count). The monoisotopic (exact) mass is 402 g/mol. The number of likely N-dealkylation sites (N-methyl/N-ethyl adjacent to an activating group) is 1. The highest BCUT2D eigenvalue weighted by Gasteiger charge is 2.26. The number of amides is 2. The van der Waals surface area contributed by atoms with Gasteiger partial charge in [0.25, 0.3) is 0 Å².